The number of ether oxygens (including phenoxy) is 5. The molecule has 0 fully saturated rings. The first-order chi connectivity index (χ1) is 16.0. The van der Waals surface area contributed by atoms with Crippen LogP contribution in [0, 0.1) is 0 Å². The molecule has 3 aromatic carbocycles. The second-order valence-electron chi connectivity index (χ2n) is 7.01. The minimum absolute atomic E-state index is 0.0314. The average Bonchev–Trinajstić information content (AvgIpc) is 2.82. The molecular formula is C26H26O7. The fraction of sp³-hybridized carbons (Fsp3) is 0.231. The van der Waals surface area contributed by atoms with E-state index >= 15 is 0 Å². The van der Waals surface area contributed by atoms with Crippen LogP contribution >= 0.6 is 0 Å². The number of hydrogen-bond acceptors (Lipinski definition) is 7. The molecule has 0 bridgehead atoms. The van der Waals surface area contributed by atoms with Crippen LogP contribution in [0.25, 0.3) is 0 Å². The van der Waals surface area contributed by atoms with Crippen molar-refractivity contribution >= 4 is 11.9 Å². The van der Waals surface area contributed by atoms with Crippen LogP contribution in [0.1, 0.15) is 18.1 Å². The molecule has 0 aromatic heterocycles. The molecule has 172 valence electrons. The van der Waals surface area contributed by atoms with Gasteiger partial charge >= 0.3 is 11.9 Å². The number of methoxy groups -OCH3 is 2. The molecule has 0 N–H and O–H groups in total. The lowest BCUT2D eigenvalue weighted by Crippen LogP contribution is -2.16. The van der Waals surface area contributed by atoms with Gasteiger partial charge in [0.05, 0.1) is 33.7 Å². The Morgan fingerprint density at radius 3 is 1.64 bits per heavy atom. The quantitative estimate of drug-likeness (QED) is 0.335. The zero-order valence-electron chi connectivity index (χ0n) is 18.8. The predicted octanol–water partition coefficient (Wildman–Crippen LogP) is 4.40. The van der Waals surface area contributed by atoms with Gasteiger partial charge < -0.3 is 23.7 Å². The van der Waals surface area contributed by atoms with E-state index in [4.69, 9.17) is 23.7 Å². The van der Waals surface area contributed by atoms with E-state index in [9.17, 15) is 9.59 Å². The first kappa shape index (κ1) is 23.7. The Hall–Kier alpha value is -4.00. The van der Waals surface area contributed by atoms with Crippen molar-refractivity contribution in [3.63, 3.8) is 0 Å². The summed E-state index contributed by atoms with van der Waals surface area (Å²) in [5, 5.41) is 0. The van der Waals surface area contributed by atoms with Crippen LogP contribution in [0.3, 0.4) is 0 Å². The molecule has 0 spiro atoms. The Balaban J connectivity index is 1.73. The molecule has 0 aliphatic carbocycles. The summed E-state index contributed by atoms with van der Waals surface area (Å²) in [6, 6.07) is 19.1. The smallest absolute Gasteiger partial charge is 0.315 e. The summed E-state index contributed by atoms with van der Waals surface area (Å²) in [4.78, 5) is 25.2. The van der Waals surface area contributed by atoms with E-state index in [1.54, 1.807) is 80.9 Å². The van der Waals surface area contributed by atoms with Crippen molar-refractivity contribution in [2.24, 2.45) is 0 Å². The largest absolute Gasteiger partial charge is 0.497 e. The Morgan fingerprint density at radius 1 is 0.667 bits per heavy atom. The maximum Gasteiger partial charge on any atom is 0.315 e. The van der Waals surface area contributed by atoms with Crippen molar-refractivity contribution in [2.75, 3.05) is 20.8 Å². The van der Waals surface area contributed by atoms with Gasteiger partial charge in [0, 0.05) is 0 Å². The highest BCUT2D eigenvalue weighted by molar-refractivity contribution is 5.79. The first-order valence-electron chi connectivity index (χ1n) is 10.5. The fourth-order valence-electron chi connectivity index (χ4n) is 3.07. The van der Waals surface area contributed by atoms with Crippen molar-refractivity contribution in [3.8, 4) is 28.7 Å². The topological polar surface area (TPSA) is 80.3 Å². The summed E-state index contributed by atoms with van der Waals surface area (Å²) in [7, 11) is 3.15. The van der Waals surface area contributed by atoms with E-state index in [1.807, 2.05) is 6.92 Å². The molecule has 0 saturated carbocycles. The van der Waals surface area contributed by atoms with Crippen LogP contribution in [0.5, 0.6) is 28.7 Å². The summed E-state index contributed by atoms with van der Waals surface area (Å²) in [5.41, 5.74) is 1.52. The Kier molecular flexibility index (Phi) is 8.30. The van der Waals surface area contributed by atoms with Gasteiger partial charge in [-0.05, 0) is 54.4 Å². The van der Waals surface area contributed by atoms with E-state index in [0.717, 1.165) is 11.1 Å². The van der Waals surface area contributed by atoms with Crippen LogP contribution < -0.4 is 23.7 Å². The molecule has 33 heavy (non-hydrogen) atoms. The number of carbonyl (C=O) groups is 2. The van der Waals surface area contributed by atoms with Gasteiger partial charge in [-0.25, -0.2) is 0 Å². The van der Waals surface area contributed by atoms with Crippen LogP contribution in [0.4, 0.5) is 0 Å². The van der Waals surface area contributed by atoms with Crippen LogP contribution in [-0.2, 0) is 22.4 Å². The van der Waals surface area contributed by atoms with Crippen molar-refractivity contribution in [1.82, 2.24) is 0 Å². The minimum Gasteiger partial charge on any atom is -0.497 e. The summed E-state index contributed by atoms with van der Waals surface area (Å²) in [6.45, 7) is 2.16. The van der Waals surface area contributed by atoms with E-state index in [1.165, 1.54) is 0 Å². The molecule has 0 radical (unpaired) electrons. The summed E-state index contributed by atoms with van der Waals surface area (Å²) >= 11 is 0. The molecule has 0 unspecified atom stereocenters. The first-order valence-corrected chi connectivity index (χ1v) is 10.5. The number of para-hydroxylation sites is 1. The summed E-state index contributed by atoms with van der Waals surface area (Å²) in [5.74, 6) is 0.877. The number of esters is 2. The van der Waals surface area contributed by atoms with E-state index in [0.29, 0.717) is 23.9 Å². The Labute approximate surface area is 192 Å². The second kappa shape index (κ2) is 11.6. The molecule has 0 atom stereocenters. The molecule has 0 saturated heterocycles. The molecule has 7 nitrogen and oxygen atoms in total. The van der Waals surface area contributed by atoms with Gasteiger partial charge in [0.25, 0.3) is 0 Å². The third kappa shape index (κ3) is 6.74. The zero-order chi connectivity index (χ0) is 23.6. The van der Waals surface area contributed by atoms with Gasteiger partial charge in [-0.3, -0.25) is 9.59 Å². The minimum atomic E-state index is -0.514. The van der Waals surface area contributed by atoms with Crippen LogP contribution in [-0.4, -0.2) is 32.8 Å². The third-order valence-electron chi connectivity index (χ3n) is 4.70. The SMILES string of the molecule is CCOc1cccc(OC(=O)Cc2ccc(OC)cc2)c1OC(=O)Cc1ccc(OC)cc1. The molecule has 0 aliphatic rings. The highest BCUT2D eigenvalue weighted by Gasteiger charge is 2.19. The zero-order valence-corrected chi connectivity index (χ0v) is 18.8. The van der Waals surface area contributed by atoms with Gasteiger partial charge in [0.15, 0.2) is 11.5 Å². The van der Waals surface area contributed by atoms with Gasteiger partial charge in [-0.2, -0.15) is 0 Å². The number of hydrogen-bond donors (Lipinski definition) is 0. The molecule has 0 aliphatic heterocycles. The van der Waals surface area contributed by atoms with Crippen LogP contribution in [0.15, 0.2) is 66.7 Å². The molecule has 3 rings (SSSR count). The molecule has 0 amide bonds. The third-order valence-corrected chi connectivity index (χ3v) is 4.70. The van der Waals surface area contributed by atoms with Gasteiger partial charge in [-0.1, -0.05) is 30.3 Å². The standard InChI is InChI=1S/C26H26O7/c1-4-31-22-6-5-7-23(32-24(27)16-18-8-12-20(29-2)13-9-18)26(22)33-25(28)17-19-10-14-21(30-3)15-11-19/h5-15H,4,16-17H2,1-3H3. The van der Waals surface area contributed by atoms with Crippen molar-refractivity contribution in [3.05, 3.63) is 77.9 Å². The predicted molar refractivity (Wildman–Crippen MR) is 122 cm³/mol. The highest BCUT2D eigenvalue weighted by Crippen LogP contribution is 2.38. The molecule has 3 aromatic rings. The average molecular weight is 450 g/mol. The van der Waals surface area contributed by atoms with E-state index in [2.05, 4.69) is 0 Å². The lowest BCUT2D eigenvalue weighted by atomic mass is 10.1. The second-order valence-corrected chi connectivity index (χ2v) is 7.01. The highest BCUT2D eigenvalue weighted by atomic mass is 16.6. The van der Waals surface area contributed by atoms with Crippen molar-refractivity contribution in [2.45, 2.75) is 19.8 Å². The van der Waals surface area contributed by atoms with Crippen LogP contribution in [0.2, 0.25) is 0 Å². The molecule has 7 heteroatoms. The lowest BCUT2D eigenvalue weighted by Gasteiger charge is -2.15. The number of benzene rings is 3. The monoisotopic (exact) mass is 450 g/mol. The van der Waals surface area contributed by atoms with E-state index in [-0.39, 0.29) is 24.3 Å². The Morgan fingerprint density at radius 2 is 1.15 bits per heavy atom. The van der Waals surface area contributed by atoms with E-state index < -0.39 is 11.9 Å². The Bertz CT molecular complexity index is 1070. The molecular weight excluding hydrogens is 424 g/mol. The van der Waals surface area contributed by atoms with Gasteiger partial charge in [0.1, 0.15) is 11.5 Å². The van der Waals surface area contributed by atoms with Crippen molar-refractivity contribution in [1.29, 1.82) is 0 Å². The summed E-state index contributed by atoms with van der Waals surface area (Å²) in [6.07, 6.45) is 0.0752. The lowest BCUT2D eigenvalue weighted by molar-refractivity contribution is -0.136. The van der Waals surface area contributed by atoms with Crippen molar-refractivity contribution < 1.29 is 33.3 Å². The van der Waals surface area contributed by atoms with Gasteiger partial charge in [0.2, 0.25) is 5.75 Å². The fourth-order valence-corrected chi connectivity index (χ4v) is 3.07. The van der Waals surface area contributed by atoms with Gasteiger partial charge in [-0.15, -0.1) is 0 Å². The normalized spacial score (nSPS) is 10.3. The molecule has 0 heterocycles. The maximum absolute atomic E-state index is 12.6. The maximum atomic E-state index is 12.6. The number of rotatable bonds is 10. The summed E-state index contributed by atoms with van der Waals surface area (Å²) < 4.78 is 27.0. The number of carbonyl (C=O) groups excluding carboxylic acids is 2.